The summed E-state index contributed by atoms with van der Waals surface area (Å²) < 4.78 is 5.50. The van der Waals surface area contributed by atoms with Crippen LogP contribution >= 0.6 is 0 Å². The maximum Gasteiger partial charge on any atom is 0.255 e. The molecule has 2 heterocycles. The molecule has 0 aromatic carbocycles. The highest BCUT2D eigenvalue weighted by Crippen LogP contribution is 2.38. The molecule has 1 aliphatic heterocycles. The quantitative estimate of drug-likeness (QED) is 0.884. The van der Waals surface area contributed by atoms with E-state index in [4.69, 9.17) is 4.74 Å². The topological polar surface area (TPSA) is 70.2 Å². The van der Waals surface area contributed by atoms with Crippen LogP contribution < -0.4 is 5.32 Å². The van der Waals surface area contributed by atoms with Crippen molar-refractivity contribution in [1.29, 1.82) is 0 Å². The number of carbonyl (C=O) groups excluding carboxylic acids is 1. The van der Waals surface area contributed by atoms with Crippen molar-refractivity contribution in [1.82, 2.24) is 20.4 Å². The van der Waals surface area contributed by atoms with Gasteiger partial charge in [-0.25, -0.2) is 0 Å². The molecule has 6 heteroatoms. The normalized spacial score (nSPS) is 23.4. The second kappa shape index (κ2) is 6.38. The third-order valence-corrected chi connectivity index (χ3v) is 5.34. The molecule has 2 fully saturated rings. The molecule has 1 atom stereocenters. The molecule has 1 saturated heterocycles. The molecule has 1 amide bonds. The fraction of sp³-hybridized carbons (Fsp3) is 0.750. The summed E-state index contributed by atoms with van der Waals surface area (Å²) in [5, 5.41) is 9.99. The molecular weight excluding hydrogens is 280 g/mol. The number of aromatic nitrogens is 2. The number of aryl methyl sites for hydroxylation is 1. The number of amides is 1. The smallest absolute Gasteiger partial charge is 0.255 e. The van der Waals surface area contributed by atoms with Crippen molar-refractivity contribution in [2.75, 3.05) is 26.3 Å². The number of H-pyrrole nitrogens is 1. The summed E-state index contributed by atoms with van der Waals surface area (Å²) in [6.45, 7) is 7.54. The van der Waals surface area contributed by atoms with Crippen LogP contribution in [0.25, 0.3) is 0 Å². The molecular formula is C16H26N4O2. The number of ether oxygens (including phenoxy) is 1. The molecule has 0 spiro atoms. The first kappa shape index (κ1) is 15.5. The number of aromatic amines is 1. The zero-order chi connectivity index (χ0) is 15.6. The zero-order valence-corrected chi connectivity index (χ0v) is 13.5. The van der Waals surface area contributed by atoms with Crippen molar-refractivity contribution in [3.8, 4) is 0 Å². The average molecular weight is 306 g/mol. The Morgan fingerprint density at radius 2 is 2.09 bits per heavy atom. The van der Waals surface area contributed by atoms with Crippen molar-refractivity contribution < 1.29 is 9.53 Å². The van der Waals surface area contributed by atoms with Crippen LogP contribution in [0.3, 0.4) is 0 Å². The van der Waals surface area contributed by atoms with Gasteiger partial charge < -0.3 is 10.1 Å². The summed E-state index contributed by atoms with van der Waals surface area (Å²) in [4.78, 5) is 15.0. The second-order valence-electron chi connectivity index (χ2n) is 6.51. The van der Waals surface area contributed by atoms with Crippen LogP contribution in [0.2, 0.25) is 0 Å². The summed E-state index contributed by atoms with van der Waals surface area (Å²) in [5.41, 5.74) is 1.54. The fourth-order valence-corrected chi connectivity index (χ4v) is 4.01. The minimum atomic E-state index is -0.0294. The van der Waals surface area contributed by atoms with Crippen LogP contribution in [0.15, 0.2) is 6.20 Å². The summed E-state index contributed by atoms with van der Waals surface area (Å²) in [6, 6.07) is 0.120. The van der Waals surface area contributed by atoms with E-state index in [1.54, 1.807) is 6.20 Å². The fourth-order valence-electron chi connectivity index (χ4n) is 4.01. The molecule has 6 nitrogen and oxygen atoms in total. The Morgan fingerprint density at radius 3 is 2.68 bits per heavy atom. The number of hydrogen-bond acceptors (Lipinski definition) is 4. The van der Waals surface area contributed by atoms with E-state index in [2.05, 4.69) is 27.3 Å². The van der Waals surface area contributed by atoms with Crippen molar-refractivity contribution in [2.24, 2.45) is 0 Å². The Labute approximate surface area is 131 Å². The van der Waals surface area contributed by atoms with E-state index in [1.165, 1.54) is 12.8 Å². The summed E-state index contributed by atoms with van der Waals surface area (Å²) in [7, 11) is 0. The molecule has 1 aromatic heterocycles. The lowest BCUT2D eigenvalue weighted by atomic mass is 9.86. The average Bonchev–Trinajstić information content (AvgIpc) is 3.17. The van der Waals surface area contributed by atoms with E-state index in [0.717, 1.165) is 44.8 Å². The Morgan fingerprint density at radius 1 is 1.41 bits per heavy atom. The zero-order valence-electron chi connectivity index (χ0n) is 13.5. The van der Waals surface area contributed by atoms with E-state index in [1.807, 2.05) is 6.92 Å². The minimum absolute atomic E-state index is 0.0294. The van der Waals surface area contributed by atoms with Gasteiger partial charge in [0.15, 0.2) is 0 Å². The van der Waals surface area contributed by atoms with Gasteiger partial charge in [0.2, 0.25) is 0 Å². The van der Waals surface area contributed by atoms with Crippen molar-refractivity contribution in [2.45, 2.75) is 51.1 Å². The van der Waals surface area contributed by atoms with Gasteiger partial charge in [-0.3, -0.25) is 14.8 Å². The van der Waals surface area contributed by atoms with Gasteiger partial charge in [-0.1, -0.05) is 12.8 Å². The monoisotopic (exact) mass is 306 g/mol. The predicted octanol–water partition coefficient (Wildman–Crippen LogP) is 1.48. The molecule has 2 aliphatic rings. The molecule has 0 radical (unpaired) electrons. The van der Waals surface area contributed by atoms with Gasteiger partial charge in [0.1, 0.15) is 0 Å². The Hall–Kier alpha value is -1.40. The van der Waals surface area contributed by atoms with E-state index in [9.17, 15) is 4.79 Å². The molecule has 2 N–H and O–H groups in total. The molecule has 122 valence electrons. The lowest BCUT2D eigenvalue weighted by Crippen LogP contribution is -2.62. The third-order valence-electron chi connectivity index (χ3n) is 5.34. The number of morpholine rings is 1. The van der Waals surface area contributed by atoms with Crippen molar-refractivity contribution in [3.63, 3.8) is 0 Å². The van der Waals surface area contributed by atoms with Gasteiger partial charge in [0.25, 0.3) is 5.91 Å². The Kier molecular flexibility index (Phi) is 4.49. The van der Waals surface area contributed by atoms with Gasteiger partial charge in [0.05, 0.1) is 25.0 Å². The standard InChI is InChI=1S/C16H26N4O2/c1-12-14(11-17-19-12)15(21)18-13(2)16(5-3-4-6-16)20-7-9-22-10-8-20/h11,13H,3-10H2,1-2H3,(H,17,19)(H,18,21)/t13-/m1/s1. The molecule has 0 bridgehead atoms. The highest BCUT2D eigenvalue weighted by molar-refractivity contribution is 5.95. The van der Waals surface area contributed by atoms with Crippen LogP contribution in [0, 0.1) is 6.92 Å². The number of nitrogens with one attached hydrogen (secondary N) is 2. The van der Waals surface area contributed by atoms with E-state index < -0.39 is 0 Å². The van der Waals surface area contributed by atoms with E-state index in [0.29, 0.717) is 5.56 Å². The maximum absolute atomic E-state index is 12.5. The summed E-state index contributed by atoms with van der Waals surface area (Å²) >= 11 is 0. The minimum Gasteiger partial charge on any atom is -0.379 e. The van der Waals surface area contributed by atoms with Crippen molar-refractivity contribution in [3.05, 3.63) is 17.5 Å². The number of carbonyl (C=O) groups is 1. The van der Waals surface area contributed by atoms with E-state index >= 15 is 0 Å². The van der Waals surface area contributed by atoms with Gasteiger partial charge in [-0.15, -0.1) is 0 Å². The number of nitrogens with zero attached hydrogens (tertiary/aromatic N) is 2. The molecule has 1 aliphatic carbocycles. The van der Waals surface area contributed by atoms with Crippen LogP contribution in [-0.4, -0.2) is 58.9 Å². The van der Waals surface area contributed by atoms with Crippen LogP contribution in [0.4, 0.5) is 0 Å². The number of hydrogen-bond donors (Lipinski definition) is 2. The predicted molar refractivity (Wildman–Crippen MR) is 83.8 cm³/mol. The number of rotatable bonds is 4. The van der Waals surface area contributed by atoms with Gasteiger partial charge in [-0.2, -0.15) is 5.10 Å². The Bertz CT molecular complexity index is 516. The van der Waals surface area contributed by atoms with E-state index in [-0.39, 0.29) is 17.5 Å². The highest BCUT2D eigenvalue weighted by Gasteiger charge is 2.45. The molecule has 1 aromatic rings. The SMILES string of the molecule is Cc1[nH]ncc1C(=O)N[C@H](C)C1(N2CCOCC2)CCCC1. The van der Waals surface area contributed by atoms with Gasteiger partial charge in [0, 0.05) is 30.4 Å². The van der Waals surface area contributed by atoms with Crippen LogP contribution in [0.5, 0.6) is 0 Å². The summed E-state index contributed by atoms with van der Waals surface area (Å²) in [5.74, 6) is -0.0294. The molecule has 1 saturated carbocycles. The maximum atomic E-state index is 12.5. The van der Waals surface area contributed by atoms with Crippen LogP contribution in [-0.2, 0) is 4.74 Å². The first-order chi connectivity index (χ1) is 10.6. The van der Waals surface area contributed by atoms with Crippen LogP contribution in [0.1, 0.15) is 48.7 Å². The lowest BCUT2D eigenvalue weighted by molar-refractivity contribution is -0.0323. The largest absolute Gasteiger partial charge is 0.379 e. The molecule has 22 heavy (non-hydrogen) atoms. The second-order valence-corrected chi connectivity index (χ2v) is 6.51. The first-order valence-corrected chi connectivity index (χ1v) is 8.27. The lowest BCUT2D eigenvalue weighted by Gasteiger charge is -2.47. The van der Waals surface area contributed by atoms with Gasteiger partial charge >= 0.3 is 0 Å². The van der Waals surface area contributed by atoms with Gasteiger partial charge in [-0.05, 0) is 26.7 Å². The molecule has 3 rings (SSSR count). The van der Waals surface area contributed by atoms with Crippen molar-refractivity contribution >= 4 is 5.91 Å². The highest BCUT2D eigenvalue weighted by atomic mass is 16.5. The Balaban J connectivity index is 1.74. The first-order valence-electron chi connectivity index (χ1n) is 8.27. The molecule has 0 unspecified atom stereocenters. The summed E-state index contributed by atoms with van der Waals surface area (Å²) in [6.07, 6.45) is 6.38. The third kappa shape index (κ3) is 2.77.